The second-order valence-corrected chi connectivity index (χ2v) is 2.24. The summed E-state index contributed by atoms with van der Waals surface area (Å²) in [5, 5.41) is 0. The monoisotopic (exact) mass is 237 g/mol. The van der Waals surface area contributed by atoms with Gasteiger partial charge in [0, 0.05) is 0 Å². The van der Waals surface area contributed by atoms with Crippen LogP contribution in [0, 0.1) is 13.8 Å². The molecule has 0 aliphatic rings. The molecule has 0 nitrogen and oxygen atoms in total. The molecule has 1 heteroatoms. The number of benzene rings is 1. The van der Waals surface area contributed by atoms with Gasteiger partial charge in [-0.15, -0.1) is 0 Å². The van der Waals surface area contributed by atoms with Crippen molar-refractivity contribution in [2.75, 3.05) is 0 Å². The van der Waals surface area contributed by atoms with Crippen molar-refractivity contribution in [2.24, 2.45) is 0 Å². The molecule has 0 bridgehead atoms. The van der Waals surface area contributed by atoms with Gasteiger partial charge < -0.3 is 13.8 Å². The van der Waals surface area contributed by atoms with Gasteiger partial charge in [-0.2, -0.15) is 12.8 Å². The smallest absolute Gasteiger partial charge is 0.344 e. The number of hydrogen-bond acceptors (Lipinski definition) is 0. The summed E-state index contributed by atoms with van der Waals surface area (Å²) >= 11 is 0. The summed E-state index contributed by atoms with van der Waals surface area (Å²) in [6.45, 7) is 9.26. The molecule has 1 aromatic carbocycles. The molecule has 0 aliphatic carbocycles. The Balaban J connectivity index is 0. The molecule has 62 valence electrons. The zero-order valence-electron chi connectivity index (χ0n) is 7.79. The van der Waals surface area contributed by atoms with Crippen LogP contribution in [0.3, 0.4) is 0 Å². The van der Waals surface area contributed by atoms with Crippen LogP contribution in [0.25, 0.3) is 0 Å². The van der Waals surface area contributed by atoms with E-state index in [2.05, 4.69) is 26.0 Å². The Morgan fingerprint density at radius 2 is 1.50 bits per heavy atom. The molecule has 0 amide bonds. The second-order valence-electron chi connectivity index (χ2n) is 2.24. The van der Waals surface area contributed by atoms with E-state index in [9.17, 15) is 0 Å². The first-order chi connectivity index (χ1) is 5.35. The summed E-state index contributed by atoms with van der Waals surface area (Å²) < 4.78 is 0. The van der Waals surface area contributed by atoms with Crippen molar-refractivity contribution in [3.8, 4) is 0 Å². The molecule has 0 aromatic heterocycles. The summed E-state index contributed by atoms with van der Waals surface area (Å²) in [5.41, 5.74) is 1.30. The molecule has 0 fully saturated rings. The predicted octanol–water partition coefficient (Wildman–Crippen LogP) is 3.29. The summed E-state index contributed by atoms with van der Waals surface area (Å²) in [4.78, 5) is 0. The maximum atomic E-state index is 3.76. The van der Waals surface area contributed by atoms with E-state index in [4.69, 9.17) is 0 Å². The van der Waals surface area contributed by atoms with Crippen molar-refractivity contribution in [1.82, 2.24) is 0 Å². The summed E-state index contributed by atoms with van der Waals surface area (Å²) in [6.07, 6.45) is 1.89. The normalized spacial score (nSPS) is 7.58. The first-order valence-electron chi connectivity index (χ1n) is 3.97. The standard InChI is InChI=1S/C8H9.C3H7.Y/c1-2-8-6-4-3-5-7-8;1-3-2;/h3-7H,1-2H2;1,3H2,2H3;/q2*-1;+3. The minimum atomic E-state index is 0. The Bertz CT molecular complexity index is 158. The molecule has 0 heterocycles. The minimum absolute atomic E-state index is 0. The molecule has 0 spiro atoms. The fraction of sp³-hybridized carbons (Fsp3) is 0.273. The average molecular weight is 237 g/mol. The molecular weight excluding hydrogens is 221 g/mol. The van der Waals surface area contributed by atoms with E-state index in [1.54, 1.807) is 0 Å². The van der Waals surface area contributed by atoms with Gasteiger partial charge in [-0.05, 0) is 0 Å². The molecular formula is C11H16Y+. The van der Waals surface area contributed by atoms with Crippen molar-refractivity contribution in [1.29, 1.82) is 0 Å². The zero-order chi connectivity index (χ0) is 8.53. The van der Waals surface area contributed by atoms with Crippen LogP contribution in [0.1, 0.15) is 18.9 Å². The molecule has 0 aliphatic heterocycles. The summed E-state index contributed by atoms with van der Waals surface area (Å²) in [6, 6.07) is 10.2. The topological polar surface area (TPSA) is 0 Å². The molecule has 1 aromatic rings. The van der Waals surface area contributed by atoms with Gasteiger partial charge in [0.05, 0.1) is 0 Å². The van der Waals surface area contributed by atoms with Gasteiger partial charge in [-0.1, -0.05) is 42.8 Å². The van der Waals surface area contributed by atoms with Gasteiger partial charge in [0.1, 0.15) is 0 Å². The van der Waals surface area contributed by atoms with Crippen molar-refractivity contribution < 1.29 is 32.7 Å². The second kappa shape index (κ2) is 11.3. The molecule has 0 saturated heterocycles. The van der Waals surface area contributed by atoms with E-state index in [-0.39, 0.29) is 32.7 Å². The fourth-order valence-electron chi connectivity index (χ4n) is 0.645. The van der Waals surface area contributed by atoms with Gasteiger partial charge >= 0.3 is 32.7 Å². The van der Waals surface area contributed by atoms with E-state index in [1.807, 2.05) is 25.1 Å². The van der Waals surface area contributed by atoms with Crippen LogP contribution in [-0.4, -0.2) is 0 Å². The van der Waals surface area contributed by atoms with Crippen LogP contribution in [0.5, 0.6) is 0 Å². The molecule has 0 atom stereocenters. The van der Waals surface area contributed by atoms with Crippen molar-refractivity contribution >= 4 is 0 Å². The van der Waals surface area contributed by atoms with Crippen LogP contribution >= 0.6 is 0 Å². The molecule has 0 unspecified atom stereocenters. The van der Waals surface area contributed by atoms with Crippen LogP contribution in [0.2, 0.25) is 0 Å². The minimum Gasteiger partial charge on any atom is -0.344 e. The largest absolute Gasteiger partial charge is 3.00 e. The SMILES string of the molecule is [CH2-]CC.[CH2-]Cc1ccccc1.[Y+3]. The third kappa shape index (κ3) is 8.42. The maximum Gasteiger partial charge on any atom is 3.00 e. The van der Waals surface area contributed by atoms with Gasteiger partial charge in [0.2, 0.25) is 0 Å². The maximum absolute atomic E-state index is 3.76. The van der Waals surface area contributed by atoms with E-state index in [0.717, 1.165) is 12.8 Å². The van der Waals surface area contributed by atoms with E-state index < -0.39 is 0 Å². The zero-order valence-corrected chi connectivity index (χ0v) is 10.6. The Labute approximate surface area is 102 Å². The number of rotatable bonds is 1. The Kier molecular flexibility index (Phi) is 14.0. The van der Waals surface area contributed by atoms with Crippen LogP contribution < -0.4 is 0 Å². The van der Waals surface area contributed by atoms with Crippen LogP contribution in [0.4, 0.5) is 0 Å². The average Bonchev–Trinajstić information content (AvgIpc) is 2.08. The number of hydrogen-bond donors (Lipinski definition) is 0. The third-order valence-electron chi connectivity index (χ3n) is 1.13. The first-order valence-corrected chi connectivity index (χ1v) is 3.97. The van der Waals surface area contributed by atoms with Gasteiger partial charge in [-0.25, -0.2) is 0 Å². The van der Waals surface area contributed by atoms with E-state index in [1.165, 1.54) is 5.56 Å². The first kappa shape index (κ1) is 14.8. The van der Waals surface area contributed by atoms with E-state index >= 15 is 0 Å². The Morgan fingerprint density at radius 1 is 1.08 bits per heavy atom. The molecule has 0 N–H and O–H groups in total. The molecule has 1 rings (SSSR count). The Morgan fingerprint density at radius 3 is 1.75 bits per heavy atom. The van der Waals surface area contributed by atoms with E-state index in [0.29, 0.717) is 0 Å². The third-order valence-corrected chi connectivity index (χ3v) is 1.13. The van der Waals surface area contributed by atoms with Crippen LogP contribution in [0.15, 0.2) is 30.3 Å². The van der Waals surface area contributed by atoms with Gasteiger partial charge in [0.15, 0.2) is 0 Å². The van der Waals surface area contributed by atoms with Gasteiger partial charge in [0.25, 0.3) is 0 Å². The molecule has 12 heavy (non-hydrogen) atoms. The van der Waals surface area contributed by atoms with Gasteiger partial charge in [-0.3, -0.25) is 0 Å². The van der Waals surface area contributed by atoms with Crippen LogP contribution in [-0.2, 0) is 39.1 Å². The fourth-order valence-corrected chi connectivity index (χ4v) is 0.645. The predicted molar refractivity (Wildman–Crippen MR) is 51.2 cm³/mol. The van der Waals surface area contributed by atoms with Crippen molar-refractivity contribution in [3.63, 3.8) is 0 Å². The van der Waals surface area contributed by atoms with Crippen molar-refractivity contribution in [3.05, 3.63) is 49.7 Å². The summed E-state index contributed by atoms with van der Waals surface area (Å²) in [5.74, 6) is 0. The Hall–Kier alpha value is 0.324. The quantitative estimate of drug-likeness (QED) is 0.657. The van der Waals surface area contributed by atoms with Crippen molar-refractivity contribution in [2.45, 2.75) is 19.8 Å². The summed E-state index contributed by atoms with van der Waals surface area (Å²) in [7, 11) is 0. The molecule has 0 radical (unpaired) electrons. The molecule has 0 saturated carbocycles.